The highest BCUT2D eigenvalue weighted by Gasteiger charge is 2.29. The molecule has 3 rings (SSSR count). The molecule has 1 unspecified atom stereocenters. The molecular weight excluding hydrogens is 276 g/mol. The number of hydrogen-bond acceptors (Lipinski definition) is 3. The first kappa shape index (κ1) is 15.4. The normalized spacial score (nSPS) is 31.2. The van der Waals surface area contributed by atoms with Gasteiger partial charge >= 0.3 is 0 Å². The average Bonchev–Trinajstić information content (AvgIpc) is 2.56. The first-order chi connectivity index (χ1) is 10.3. The predicted molar refractivity (Wildman–Crippen MR) is 93.1 cm³/mol. The number of nitrogens with one attached hydrogen (secondary N) is 1. The number of benzene rings is 1. The summed E-state index contributed by atoms with van der Waals surface area (Å²) in [5, 5.41) is 4.63. The molecule has 1 aliphatic heterocycles. The second kappa shape index (κ2) is 7.66. The van der Waals surface area contributed by atoms with Gasteiger partial charge in [-0.3, -0.25) is 4.90 Å². The molecule has 1 N–H and O–H groups in total. The van der Waals surface area contributed by atoms with Crippen molar-refractivity contribution in [3.63, 3.8) is 0 Å². The molecule has 1 heterocycles. The van der Waals surface area contributed by atoms with Crippen LogP contribution in [0, 0.1) is 0 Å². The van der Waals surface area contributed by atoms with Gasteiger partial charge in [0, 0.05) is 37.0 Å². The number of piperazine rings is 1. The third-order valence-electron chi connectivity index (χ3n) is 5.11. The van der Waals surface area contributed by atoms with Gasteiger partial charge in [-0.25, -0.2) is 0 Å². The van der Waals surface area contributed by atoms with E-state index in [9.17, 15) is 0 Å². The van der Waals surface area contributed by atoms with Gasteiger partial charge in [0.25, 0.3) is 0 Å². The lowest BCUT2D eigenvalue weighted by Crippen LogP contribution is -2.55. The first-order valence-electron chi connectivity index (χ1n) is 8.39. The zero-order valence-corrected chi connectivity index (χ0v) is 13.9. The quantitative estimate of drug-likeness (QED) is 0.920. The lowest BCUT2D eigenvalue weighted by atomic mass is 9.92. The molecule has 1 aliphatic carbocycles. The van der Waals surface area contributed by atoms with Crippen molar-refractivity contribution in [3.8, 4) is 0 Å². The smallest absolute Gasteiger partial charge is 0.0236 e. The summed E-state index contributed by atoms with van der Waals surface area (Å²) in [4.78, 5) is 2.76. The molecule has 2 aliphatic rings. The molecule has 1 aromatic rings. The highest BCUT2D eigenvalue weighted by molar-refractivity contribution is 7.99. The highest BCUT2D eigenvalue weighted by atomic mass is 32.2. The summed E-state index contributed by atoms with van der Waals surface area (Å²) in [6.45, 7) is 3.61. The number of rotatable bonds is 4. The third-order valence-corrected chi connectivity index (χ3v) is 6.24. The van der Waals surface area contributed by atoms with Crippen molar-refractivity contribution >= 4 is 11.8 Å². The Hall–Kier alpha value is -0.510. The van der Waals surface area contributed by atoms with E-state index in [1.807, 2.05) is 0 Å². The summed E-state index contributed by atoms with van der Waals surface area (Å²) in [5.74, 6) is 0. The molecule has 116 valence electrons. The van der Waals surface area contributed by atoms with Crippen LogP contribution in [0.1, 0.15) is 31.2 Å². The number of nitrogens with zero attached hydrogens (tertiary/aromatic N) is 1. The van der Waals surface area contributed by atoms with Gasteiger partial charge in [-0.05, 0) is 43.9 Å². The lowest BCUT2D eigenvalue weighted by Gasteiger charge is -2.41. The van der Waals surface area contributed by atoms with Gasteiger partial charge in [-0.2, -0.15) is 11.8 Å². The van der Waals surface area contributed by atoms with Crippen LogP contribution in [0.4, 0.5) is 0 Å². The van der Waals surface area contributed by atoms with Crippen molar-refractivity contribution in [2.45, 2.75) is 49.4 Å². The topological polar surface area (TPSA) is 15.3 Å². The van der Waals surface area contributed by atoms with Crippen molar-refractivity contribution in [3.05, 3.63) is 35.9 Å². The fourth-order valence-corrected chi connectivity index (χ4v) is 4.61. The van der Waals surface area contributed by atoms with Gasteiger partial charge in [0.05, 0.1) is 0 Å². The lowest BCUT2D eigenvalue weighted by molar-refractivity contribution is 0.116. The third kappa shape index (κ3) is 4.24. The molecule has 21 heavy (non-hydrogen) atoms. The molecular formula is C18H28N2S. The van der Waals surface area contributed by atoms with E-state index in [0.29, 0.717) is 6.04 Å². The maximum absolute atomic E-state index is 3.71. The summed E-state index contributed by atoms with van der Waals surface area (Å²) in [6.07, 6.45) is 9.08. The van der Waals surface area contributed by atoms with Gasteiger partial charge in [0.2, 0.25) is 0 Å². The van der Waals surface area contributed by atoms with Crippen LogP contribution in [-0.2, 0) is 6.42 Å². The molecule has 2 fully saturated rings. The minimum atomic E-state index is 0.624. The molecule has 0 aromatic heterocycles. The molecule has 1 saturated carbocycles. The van der Waals surface area contributed by atoms with Crippen molar-refractivity contribution < 1.29 is 0 Å². The van der Waals surface area contributed by atoms with Crippen LogP contribution in [0.2, 0.25) is 0 Å². The Bertz CT molecular complexity index is 414. The Balaban J connectivity index is 1.51. The van der Waals surface area contributed by atoms with Crippen molar-refractivity contribution in [1.82, 2.24) is 10.2 Å². The second-order valence-corrected chi connectivity index (χ2v) is 7.64. The van der Waals surface area contributed by atoms with E-state index >= 15 is 0 Å². The Morgan fingerprint density at radius 2 is 1.90 bits per heavy atom. The Labute approximate surface area is 133 Å². The van der Waals surface area contributed by atoms with Gasteiger partial charge in [0.15, 0.2) is 0 Å². The maximum atomic E-state index is 3.71. The summed E-state index contributed by atoms with van der Waals surface area (Å²) in [7, 11) is 0. The molecule has 0 amide bonds. The summed E-state index contributed by atoms with van der Waals surface area (Å²) < 4.78 is 0. The number of thioether (sulfide) groups is 1. The fraction of sp³-hybridized carbons (Fsp3) is 0.667. The second-order valence-electron chi connectivity index (χ2n) is 6.50. The zero-order valence-electron chi connectivity index (χ0n) is 13.1. The Kier molecular flexibility index (Phi) is 5.61. The van der Waals surface area contributed by atoms with Crippen LogP contribution in [0.15, 0.2) is 30.3 Å². The summed E-state index contributed by atoms with van der Waals surface area (Å²) >= 11 is 2.07. The van der Waals surface area contributed by atoms with Crippen LogP contribution in [-0.4, -0.2) is 48.1 Å². The largest absolute Gasteiger partial charge is 0.311 e. The molecule has 0 spiro atoms. The maximum Gasteiger partial charge on any atom is 0.0236 e. The summed E-state index contributed by atoms with van der Waals surface area (Å²) in [6, 6.07) is 12.4. The van der Waals surface area contributed by atoms with Gasteiger partial charge in [0.1, 0.15) is 0 Å². The highest BCUT2D eigenvalue weighted by Crippen LogP contribution is 2.30. The van der Waals surface area contributed by atoms with E-state index in [-0.39, 0.29) is 0 Å². The standard InChI is InChI=1S/C18H28N2S/c1-21-18-9-7-17(8-10-18)20-12-11-19-16(14-20)13-15-5-3-2-4-6-15/h2-6,16-19H,7-14H2,1H3. The van der Waals surface area contributed by atoms with E-state index in [1.165, 1.54) is 44.3 Å². The fourth-order valence-electron chi connectivity index (χ4n) is 3.86. The zero-order chi connectivity index (χ0) is 14.5. The van der Waals surface area contributed by atoms with Gasteiger partial charge < -0.3 is 5.32 Å². The van der Waals surface area contributed by atoms with Crippen LogP contribution in [0.3, 0.4) is 0 Å². The van der Waals surface area contributed by atoms with Gasteiger partial charge in [-0.1, -0.05) is 30.3 Å². The van der Waals surface area contributed by atoms with E-state index in [1.54, 1.807) is 0 Å². The molecule has 1 saturated heterocycles. The molecule has 2 nitrogen and oxygen atoms in total. The van der Waals surface area contributed by atoms with Gasteiger partial charge in [-0.15, -0.1) is 0 Å². The molecule has 1 atom stereocenters. The minimum Gasteiger partial charge on any atom is -0.311 e. The van der Waals surface area contributed by atoms with E-state index in [2.05, 4.69) is 58.6 Å². The van der Waals surface area contributed by atoms with Crippen molar-refractivity contribution in [2.75, 3.05) is 25.9 Å². The summed E-state index contributed by atoms with van der Waals surface area (Å²) in [5.41, 5.74) is 1.46. The molecule has 3 heteroatoms. The minimum absolute atomic E-state index is 0.624. The molecule has 0 bridgehead atoms. The molecule has 1 aromatic carbocycles. The van der Waals surface area contributed by atoms with Crippen LogP contribution in [0.25, 0.3) is 0 Å². The van der Waals surface area contributed by atoms with E-state index in [0.717, 1.165) is 24.3 Å². The van der Waals surface area contributed by atoms with Crippen LogP contribution < -0.4 is 5.32 Å². The number of hydrogen-bond donors (Lipinski definition) is 1. The SMILES string of the molecule is CSC1CCC(N2CCNC(Cc3ccccc3)C2)CC1. The Morgan fingerprint density at radius 1 is 1.14 bits per heavy atom. The van der Waals surface area contributed by atoms with Crippen molar-refractivity contribution in [2.24, 2.45) is 0 Å². The van der Waals surface area contributed by atoms with Crippen LogP contribution >= 0.6 is 11.8 Å². The van der Waals surface area contributed by atoms with Crippen LogP contribution in [0.5, 0.6) is 0 Å². The van der Waals surface area contributed by atoms with Crippen molar-refractivity contribution in [1.29, 1.82) is 0 Å². The average molecular weight is 305 g/mol. The monoisotopic (exact) mass is 304 g/mol. The van der Waals surface area contributed by atoms with E-state index < -0.39 is 0 Å². The first-order valence-corrected chi connectivity index (χ1v) is 9.68. The van der Waals surface area contributed by atoms with E-state index in [4.69, 9.17) is 0 Å². The Morgan fingerprint density at radius 3 is 2.62 bits per heavy atom. The molecule has 0 radical (unpaired) electrons. The predicted octanol–water partition coefficient (Wildman–Crippen LogP) is 3.18.